The van der Waals surface area contributed by atoms with Crippen molar-refractivity contribution in [3.8, 4) is 5.75 Å². The van der Waals surface area contributed by atoms with Crippen LogP contribution in [0.1, 0.15) is 11.1 Å². The van der Waals surface area contributed by atoms with Crippen molar-refractivity contribution in [1.29, 1.82) is 0 Å². The van der Waals surface area contributed by atoms with Crippen LogP contribution < -0.4 is 37.4 Å². The number of hydrogen-bond donors (Lipinski definition) is 0. The predicted octanol–water partition coefficient (Wildman–Crippen LogP) is -14.6. The second-order valence-corrected chi connectivity index (χ2v) is 5.53. The Morgan fingerprint density at radius 2 is 1.15 bits per heavy atom. The van der Waals surface area contributed by atoms with Crippen LogP contribution in [-0.2, 0) is 6.54 Å². The normalized spacial score (nSPS) is 8.31. The summed E-state index contributed by atoms with van der Waals surface area (Å²) >= 11 is 0. The fraction of sp³-hybridized carbons (Fsp3) is 0.294. The molecule has 150 valence electrons. The predicted molar refractivity (Wildman–Crippen MR) is 87.3 cm³/mol. The number of benzene rings is 2. The van der Waals surface area contributed by atoms with Crippen molar-refractivity contribution in [2.45, 2.75) is 13.5 Å². The smallest absolute Gasteiger partial charge is 1.00 e. The van der Waals surface area contributed by atoms with Gasteiger partial charge >= 0.3 is 24.4 Å². The molecule has 0 aromatic heterocycles. The van der Waals surface area contributed by atoms with Gasteiger partial charge in [-0.15, -0.1) is 0 Å². The minimum atomic E-state index is 0. The van der Waals surface area contributed by atoms with Gasteiger partial charge in [0.05, 0.1) is 21.2 Å². The molecule has 0 atom stereocenters. The summed E-state index contributed by atoms with van der Waals surface area (Å²) in [4.78, 5) is 0. The van der Waals surface area contributed by atoms with E-state index in [-0.39, 0.29) is 52.7 Å². The van der Waals surface area contributed by atoms with Gasteiger partial charge < -0.3 is 33.0 Å². The number of aryl methyl sites for hydroxylation is 1. The van der Waals surface area contributed by atoms with Crippen molar-refractivity contribution in [2.75, 3.05) is 21.2 Å². The van der Waals surface area contributed by atoms with Crippen LogP contribution in [0.25, 0.3) is 0 Å². The third-order valence-corrected chi connectivity index (χ3v) is 3.47. The van der Waals surface area contributed by atoms with E-state index in [1.165, 1.54) is 16.8 Å². The van der Waals surface area contributed by atoms with Crippen LogP contribution in [0.4, 0.5) is 5.69 Å². The molecule has 0 fully saturated rings. The number of halogens is 6. The number of ether oxygens (including phenoxy) is 1. The van der Waals surface area contributed by atoms with Crippen LogP contribution in [-0.4, -0.2) is 45.6 Å². The van der Waals surface area contributed by atoms with E-state index in [1.807, 2.05) is 12.1 Å². The summed E-state index contributed by atoms with van der Waals surface area (Å²) in [5.41, 5.74) is 3.93. The summed E-state index contributed by atoms with van der Waals surface area (Å²) in [6.07, 6.45) is 0. The van der Waals surface area contributed by atoms with Gasteiger partial charge in [-0.2, -0.15) is 0 Å². The molecule has 0 aliphatic rings. The Hall–Kier alpha value is -1.40. The third-order valence-electron chi connectivity index (χ3n) is 3.47. The summed E-state index contributed by atoms with van der Waals surface area (Å²) in [6.45, 7) is 3.08. The van der Waals surface area contributed by atoms with Crippen molar-refractivity contribution in [3.05, 3.63) is 59.7 Å². The first kappa shape index (κ1) is 39.6. The van der Waals surface area contributed by atoms with Gasteiger partial charge in [-0.3, -0.25) is 4.48 Å². The second-order valence-electron chi connectivity index (χ2n) is 5.53. The Labute approximate surface area is 167 Å². The molecule has 9 heteroatoms. The summed E-state index contributed by atoms with van der Waals surface area (Å²) in [7, 11) is 6.16. The number of quaternary nitrogens is 1. The van der Waals surface area contributed by atoms with Gasteiger partial charge in [-0.1, -0.05) is 17.7 Å². The maximum Gasteiger partial charge on any atom is 3.00 e. The molecule has 0 spiro atoms. The molecule has 0 bridgehead atoms. The molecule has 26 heavy (non-hydrogen) atoms. The fourth-order valence-corrected chi connectivity index (χ4v) is 2.23. The number of hydrogen-bond acceptors (Lipinski definition) is 1. The zero-order chi connectivity index (χ0) is 13.9. The Balaban J connectivity index is -0.000000143. The van der Waals surface area contributed by atoms with Gasteiger partial charge in [-0.25, -0.2) is 0 Å². The number of nitrogens with zero attached hydrogens (tertiary/aromatic N) is 1. The molecule has 0 aliphatic carbocycles. The molecule has 2 aromatic rings. The molecule has 0 aliphatic heterocycles. The van der Waals surface area contributed by atoms with Gasteiger partial charge in [0.25, 0.3) is 0 Å². The van der Waals surface area contributed by atoms with E-state index >= 15 is 0 Å². The summed E-state index contributed by atoms with van der Waals surface area (Å²) in [5.74, 6) is 0.907. The first-order valence-electron chi connectivity index (χ1n) is 6.54. The van der Waals surface area contributed by atoms with Gasteiger partial charge in [0.2, 0.25) is 0 Å². The zero-order valence-corrected chi connectivity index (χ0v) is 17.4. The van der Waals surface area contributed by atoms with Crippen LogP contribution in [0.3, 0.4) is 0 Å². The summed E-state index contributed by atoms with van der Waals surface area (Å²) in [6, 6.07) is 17.1. The van der Waals surface area contributed by atoms with E-state index in [1.54, 1.807) is 7.11 Å². The zero-order valence-electron chi connectivity index (χ0n) is 14.9. The van der Waals surface area contributed by atoms with Crippen molar-refractivity contribution >= 4 is 30.1 Å². The second kappa shape index (κ2) is 17.0. The largest absolute Gasteiger partial charge is 3.00 e. The minimum absolute atomic E-state index is 0. The first-order chi connectivity index (χ1) is 9.01. The van der Waals surface area contributed by atoms with Crippen molar-refractivity contribution in [1.82, 2.24) is 4.48 Å². The first-order valence-corrected chi connectivity index (χ1v) is 6.54. The van der Waals surface area contributed by atoms with E-state index in [2.05, 4.69) is 57.4 Å². The molecule has 0 unspecified atom stereocenters. The molecule has 0 amide bonds. The molecule has 0 heterocycles. The molecule has 2 nitrogen and oxygen atoms in total. The van der Waals surface area contributed by atoms with Crippen LogP contribution in [0.5, 0.6) is 5.75 Å². The monoisotopic (exact) mass is 491 g/mol. The van der Waals surface area contributed by atoms with Crippen LogP contribution >= 0.6 is 0 Å². The Kier molecular flexibility index (Phi) is 25.9. The maximum absolute atomic E-state index is 5.19. The maximum atomic E-state index is 5.19. The number of rotatable bonds is 4. The minimum Gasteiger partial charge on any atom is -1.00 e. The quantitative estimate of drug-likeness (QED) is 0.234. The third kappa shape index (κ3) is 10.6. The SMILES string of the molecule is COc1ccc(C[N+](C)(C)c2ccc(C)cc2)cc1.[F-].[F-].[F-].[F-].[F-].[F-].[Sb+3]. The van der Waals surface area contributed by atoms with Gasteiger partial charge in [0.15, 0.2) is 0 Å². The van der Waals surface area contributed by atoms with E-state index < -0.39 is 0 Å². The van der Waals surface area contributed by atoms with Gasteiger partial charge in [0.1, 0.15) is 18.0 Å². The molecule has 0 N–H and O–H groups in total. The summed E-state index contributed by atoms with van der Waals surface area (Å²) in [5, 5.41) is 0. The molecular formula is C17H22F6NOSb-2. The molecule has 2 radical (unpaired) electrons. The van der Waals surface area contributed by atoms with Crippen LogP contribution in [0, 0.1) is 6.92 Å². The van der Waals surface area contributed by atoms with Gasteiger partial charge in [-0.05, 0) is 43.3 Å². The van der Waals surface area contributed by atoms with Crippen LogP contribution in [0.15, 0.2) is 48.5 Å². The van der Waals surface area contributed by atoms with Crippen LogP contribution in [0.2, 0.25) is 0 Å². The standard InChI is InChI=1S/C17H22NO.6FH.Sb/c1-14-5-9-16(10-6-14)18(2,3)13-15-7-11-17(19-4)12-8-15;;;;;;;/h5-12H,13H2,1-4H3;6*1H;/q+1;;;;;;;+3/p-6. The van der Waals surface area contributed by atoms with Crippen molar-refractivity contribution < 1.29 is 33.0 Å². The van der Waals surface area contributed by atoms with E-state index in [9.17, 15) is 0 Å². The average molecular weight is 492 g/mol. The number of methoxy groups -OCH3 is 1. The molecule has 0 saturated heterocycles. The summed E-state index contributed by atoms with van der Waals surface area (Å²) < 4.78 is 6.03. The topological polar surface area (TPSA) is 9.23 Å². The Morgan fingerprint density at radius 1 is 0.731 bits per heavy atom. The Bertz CT molecular complexity index is 552. The van der Waals surface area contributed by atoms with E-state index in [4.69, 9.17) is 4.74 Å². The van der Waals surface area contributed by atoms with Crippen molar-refractivity contribution in [2.24, 2.45) is 0 Å². The Morgan fingerprint density at radius 3 is 1.54 bits per heavy atom. The average Bonchev–Trinajstić information content (AvgIpc) is 2.40. The molecular weight excluding hydrogens is 470 g/mol. The molecule has 0 saturated carbocycles. The fourth-order valence-electron chi connectivity index (χ4n) is 2.23. The molecule has 2 aromatic carbocycles. The molecule has 2 rings (SSSR count). The van der Waals surface area contributed by atoms with E-state index in [0.29, 0.717) is 0 Å². The van der Waals surface area contributed by atoms with Gasteiger partial charge in [0, 0.05) is 5.56 Å². The van der Waals surface area contributed by atoms with Crippen molar-refractivity contribution in [3.63, 3.8) is 0 Å². The van der Waals surface area contributed by atoms with E-state index in [0.717, 1.165) is 16.8 Å².